The van der Waals surface area contributed by atoms with Gasteiger partial charge < -0.3 is 35.5 Å². The van der Waals surface area contributed by atoms with Crippen molar-refractivity contribution in [2.24, 2.45) is 0 Å². The molecule has 0 aromatic rings. The second-order valence-electron chi connectivity index (χ2n) is 1.53. The molecule has 75 valence electrons. The molecular weight excluding hydrogens is 224 g/mol. The third-order valence-corrected chi connectivity index (χ3v) is 0.782. The number of aliphatic carboxylic acids is 2. The molecule has 0 aliphatic carbocycles. The molecular formula is C4H6CuO7. The average molecular weight is 230 g/mol. The summed E-state index contributed by atoms with van der Waals surface area (Å²) in [5.41, 5.74) is 0. The van der Waals surface area contributed by atoms with E-state index < -0.39 is 24.1 Å². The molecule has 0 saturated carbocycles. The third-order valence-electron chi connectivity index (χ3n) is 0.782. The summed E-state index contributed by atoms with van der Waals surface area (Å²) in [4.78, 5) is 19.3. The van der Waals surface area contributed by atoms with Crippen molar-refractivity contribution in [3.05, 3.63) is 0 Å². The van der Waals surface area contributed by atoms with Crippen molar-refractivity contribution >= 4 is 11.9 Å². The van der Waals surface area contributed by atoms with Gasteiger partial charge in [-0.15, -0.1) is 0 Å². The van der Waals surface area contributed by atoms with E-state index in [-0.39, 0.29) is 22.5 Å². The first-order valence-corrected chi connectivity index (χ1v) is 2.24. The van der Waals surface area contributed by atoms with E-state index in [1.54, 1.807) is 0 Å². The van der Waals surface area contributed by atoms with Crippen LogP contribution in [0.15, 0.2) is 0 Å². The summed E-state index contributed by atoms with van der Waals surface area (Å²) >= 11 is 0. The SMILES string of the molecule is O.O=C([O-])[C@H](O)[C@@H](O)C(=O)[O-].[Cu+2]. The third kappa shape index (κ3) is 5.05. The molecule has 0 heterocycles. The van der Waals surface area contributed by atoms with Crippen LogP contribution in [0.4, 0.5) is 0 Å². The van der Waals surface area contributed by atoms with Crippen LogP contribution < -0.4 is 10.2 Å². The number of hydrogen-bond donors (Lipinski definition) is 2. The van der Waals surface area contributed by atoms with Crippen LogP contribution in [-0.4, -0.2) is 39.8 Å². The number of rotatable bonds is 3. The van der Waals surface area contributed by atoms with E-state index in [9.17, 15) is 19.8 Å². The van der Waals surface area contributed by atoms with Gasteiger partial charge in [-0.05, 0) is 0 Å². The Hall–Kier alpha value is -0.661. The van der Waals surface area contributed by atoms with Crippen LogP contribution >= 0.6 is 0 Å². The van der Waals surface area contributed by atoms with Gasteiger partial charge in [0.2, 0.25) is 0 Å². The van der Waals surface area contributed by atoms with Gasteiger partial charge in [-0.25, -0.2) is 0 Å². The summed E-state index contributed by atoms with van der Waals surface area (Å²) in [7, 11) is 0. The van der Waals surface area contributed by atoms with Gasteiger partial charge in [0.15, 0.2) is 0 Å². The van der Waals surface area contributed by atoms with Crippen LogP contribution in [-0.2, 0) is 26.7 Å². The number of carbonyl (C=O) groups excluding carboxylic acids is 2. The zero-order chi connectivity index (χ0) is 8.31. The van der Waals surface area contributed by atoms with Gasteiger partial charge in [0, 0.05) is 0 Å². The van der Waals surface area contributed by atoms with Crippen molar-refractivity contribution in [3.63, 3.8) is 0 Å². The van der Waals surface area contributed by atoms with E-state index in [1.807, 2.05) is 0 Å². The van der Waals surface area contributed by atoms with E-state index in [1.165, 1.54) is 0 Å². The van der Waals surface area contributed by atoms with Gasteiger partial charge >= 0.3 is 17.1 Å². The standard InChI is InChI=1S/C4H6O6.Cu.H2O/c5-1(3(7)8)2(6)4(9)10;;/h1-2,5-6H,(H,7,8)(H,9,10);;1H2/q;+2;/p-2/t1-,2-;;/m1../s1. The van der Waals surface area contributed by atoms with Crippen molar-refractivity contribution in [2.75, 3.05) is 0 Å². The Labute approximate surface area is 77.4 Å². The molecule has 4 N–H and O–H groups in total. The van der Waals surface area contributed by atoms with Crippen LogP contribution in [0.25, 0.3) is 0 Å². The van der Waals surface area contributed by atoms with Crippen LogP contribution in [0.3, 0.4) is 0 Å². The Morgan fingerprint density at radius 2 is 1.17 bits per heavy atom. The topological polar surface area (TPSA) is 152 Å². The minimum absolute atomic E-state index is 0. The molecule has 2 atom stereocenters. The molecule has 12 heavy (non-hydrogen) atoms. The molecule has 0 aromatic heterocycles. The van der Waals surface area contributed by atoms with Crippen molar-refractivity contribution in [1.82, 2.24) is 0 Å². The van der Waals surface area contributed by atoms with E-state index in [0.717, 1.165) is 0 Å². The van der Waals surface area contributed by atoms with Crippen molar-refractivity contribution < 1.29 is 52.6 Å². The smallest absolute Gasteiger partial charge is 0.547 e. The maximum absolute atomic E-state index is 9.63. The summed E-state index contributed by atoms with van der Waals surface area (Å²) in [6, 6.07) is 0. The number of aliphatic hydroxyl groups excluding tert-OH is 2. The Morgan fingerprint density at radius 1 is 1.00 bits per heavy atom. The summed E-state index contributed by atoms with van der Waals surface area (Å²) in [5.74, 6) is -4.12. The molecule has 0 aliphatic rings. The van der Waals surface area contributed by atoms with Crippen LogP contribution in [0.5, 0.6) is 0 Å². The minimum atomic E-state index is -2.44. The van der Waals surface area contributed by atoms with E-state index in [0.29, 0.717) is 0 Å². The van der Waals surface area contributed by atoms with E-state index in [4.69, 9.17) is 10.2 Å². The van der Waals surface area contributed by atoms with Crippen LogP contribution in [0, 0.1) is 0 Å². The van der Waals surface area contributed by atoms with E-state index >= 15 is 0 Å². The fourth-order valence-corrected chi connectivity index (χ4v) is 0.258. The van der Waals surface area contributed by atoms with Gasteiger partial charge in [-0.1, -0.05) is 0 Å². The van der Waals surface area contributed by atoms with Crippen molar-refractivity contribution in [2.45, 2.75) is 12.2 Å². The first-order valence-electron chi connectivity index (χ1n) is 2.24. The average Bonchev–Trinajstić information content (AvgIpc) is 1.84. The molecule has 0 spiro atoms. The summed E-state index contributed by atoms with van der Waals surface area (Å²) in [5, 5.41) is 35.7. The fourth-order valence-electron chi connectivity index (χ4n) is 0.258. The van der Waals surface area contributed by atoms with Crippen LogP contribution in [0.2, 0.25) is 0 Å². The Kier molecular flexibility index (Phi) is 10.2. The fraction of sp³-hybridized carbons (Fsp3) is 0.500. The Morgan fingerprint density at radius 3 is 1.25 bits per heavy atom. The zero-order valence-electron chi connectivity index (χ0n) is 5.48. The number of carbonyl (C=O) groups is 2. The van der Waals surface area contributed by atoms with Crippen LogP contribution in [0.1, 0.15) is 0 Å². The Bertz CT molecular complexity index is 139. The predicted octanol–water partition coefficient (Wildman–Crippen LogP) is -5.62. The summed E-state index contributed by atoms with van der Waals surface area (Å²) in [6.45, 7) is 0. The molecule has 7 nitrogen and oxygen atoms in total. The molecule has 0 unspecified atom stereocenters. The zero-order valence-corrected chi connectivity index (χ0v) is 6.43. The molecule has 0 rings (SSSR count). The second-order valence-corrected chi connectivity index (χ2v) is 1.53. The summed E-state index contributed by atoms with van der Waals surface area (Å²) < 4.78 is 0. The molecule has 0 fully saturated rings. The predicted molar refractivity (Wildman–Crippen MR) is 25.6 cm³/mol. The Balaban J connectivity index is -0.000000405. The molecule has 1 radical (unpaired) electrons. The monoisotopic (exact) mass is 229 g/mol. The molecule has 0 aliphatic heterocycles. The first kappa shape index (κ1) is 17.4. The van der Waals surface area contributed by atoms with Gasteiger partial charge in [0.25, 0.3) is 0 Å². The number of hydrogen-bond acceptors (Lipinski definition) is 6. The molecule has 0 aromatic carbocycles. The first-order chi connectivity index (χ1) is 4.46. The van der Waals surface area contributed by atoms with E-state index in [2.05, 4.69) is 0 Å². The normalized spacial score (nSPS) is 13.2. The maximum Gasteiger partial charge on any atom is 2.00 e. The number of carboxylic acid groups (broad SMARTS) is 2. The van der Waals surface area contributed by atoms with Crippen molar-refractivity contribution in [1.29, 1.82) is 0 Å². The largest absolute Gasteiger partial charge is 2.00 e. The molecule has 0 bridgehead atoms. The number of aliphatic hydroxyl groups is 2. The molecule has 0 amide bonds. The molecule has 0 saturated heterocycles. The molecule has 8 heteroatoms. The van der Waals surface area contributed by atoms with Gasteiger partial charge in [-0.2, -0.15) is 0 Å². The summed E-state index contributed by atoms with van der Waals surface area (Å²) in [6.07, 6.45) is -4.88. The second kappa shape index (κ2) is 7.01. The minimum Gasteiger partial charge on any atom is -0.547 e. The maximum atomic E-state index is 9.63. The number of carboxylic acids is 2. The van der Waals surface area contributed by atoms with Gasteiger partial charge in [0.1, 0.15) is 12.2 Å². The van der Waals surface area contributed by atoms with Crippen molar-refractivity contribution in [3.8, 4) is 0 Å². The van der Waals surface area contributed by atoms with Gasteiger partial charge in [-0.3, -0.25) is 0 Å². The van der Waals surface area contributed by atoms with Gasteiger partial charge in [0.05, 0.1) is 11.9 Å². The quantitative estimate of drug-likeness (QED) is 0.460.